The highest BCUT2D eigenvalue weighted by atomic mass is 33.1. The molecule has 0 spiro atoms. The zero-order valence-electron chi connectivity index (χ0n) is 51.1. The fourth-order valence-corrected chi connectivity index (χ4v) is 22.9. The molecule has 3 heterocycles. The average Bonchev–Trinajstić information content (AvgIpc) is 1.74. The summed E-state index contributed by atoms with van der Waals surface area (Å²) >= 11 is 0. The molecule has 2 aromatic rings. The summed E-state index contributed by atoms with van der Waals surface area (Å²) in [7, 11) is 3.09. The summed E-state index contributed by atoms with van der Waals surface area (Å²) in [5.41, 5.74) is 7.89. The van der Waals surface area contributed by atoms with Crippen molar-refractivity contribution < 1.29 is 60.0 Å². The van der Waals surface area contributed by atoms with Gasteiger partial charge in [0.05, 0.1) is 54.3 Å². The van der Waals surface area contributed by atoms with E-state index in [0.717, 1.165) is 43.2 Å². The summed E-state index contributed by atoms with van der Waals surface area (Å²) in [6.45, 7) is 7.88. The van der Waals surface area contributed by atoms with Crippen LogP contribution in [-0.2, 0) is 19.1 Å². The van der Waals surface area contributed by atoms with Gasteiger partial charge in [-0.15, -0.1) is 5.92 Å². The van der Waals surface area contributed by atoms with E-state index in [-0.39, 0.29) is 129 Å². The Balaban J connectivity index is 1.11. The van der Waals surface area contributed by atoms with Gasteiger partial charge >= 0.3 is 5.97 Å². The number of carbonyl (C=O) groups excluding carboxylic acids is 3. The maximum Gasteiger partial charge on any atom is 0.313 e. The van der Waals surface area contributed by atoms with Crippen LogP contribution in [0.5, 0.6) is 5.75 Å². The van der Waals surface area contributed by atoms with Crippen molar-refractivity contribution in [2.75, 3.05) is 31.2 Å². The molecule has 21 atom stereocenters. The third-order valence-corrected chi connectivity index (χ3v) is 26.6. The fraction of sp³-hybridized carbons (Fsp3) is 0.706. The maximum absolute atomic E-state index is 16.9. The lowest BCUT2D eigenvalue weighted by atomic mass is 9.37. The number of carbonyl (C=O) groups is 3. The third-order valence-electron chi connectivity index (χ3n) is 24.1. The lowest BCUT2D eigenvalue weighted by Crippen LogP contribution is -2.71. The van der Waals surface area contributed by atoms with Crippen LogP contribution in [-0.4, -0.2) is 136 Å². The number of nitrogens with one attached hydrogen (secondary N) is 2. The predicted octanol–water partition coefficient (Wildman–Crippen LogP) is 7.12. The Morgan fingerprint density at radius 1 is 0.931 bits per heavy atom. The Kier molecular flexibility index (Phi) is 18.7. The molecule has 87 heavy (non-hydrogen) atoms. The molecule has 9 aliphatic rings. The number of ketones is 2. The number of allylic oxidation sites excluding steroid dienone is 3. The number of aliphatic imine (C=N–C) groups is 1. The zero-order valence-corrected chi connectivity index (χ0v) is 52.8. The van der Waals surface area contributed by atoms with Gasteiger partial charge in [-0.3, -0.25) is 19.4 Å². The molecule has 21 unspecified atom stereocenters. The van der Waals surface area contributed by atoms with Crippen LogP contribution in [0.1, 0.15) is 160 Å². The number of aromatic amines is 1. The van der Waals surface area contributed by atoms with Crippen LogP contribution in [0.25, 0.3) is 0 Å². The van der Waals surface area contributed by atoms with E-state index in [0.29, 0.717) is 55.1 Å². The van der Waals surface area contributed by atoms with Gasteiger partial charge in [-0.2, -0.15) is 0 Å². The summed E-state index contributed by atoms with van der Waals surface area (Å²) in [5, 5.41) is 104. The Bertz CT molecular complexity index is 3010. The first-order valence-corrected chi connectivity index (χ1v) is 34.9. The van der Waals surface area contributed by atoms with Crippen LogP contribution in [0.4, 0.5) is 0 Å². The Morgan fingerprint density at radius 3 is 2.43 bits per heavy atom. The zero-order chi connectivity index (χ0) is 62.0. The van der Waals surface area contributed by atoms with Crippen LogP contribution >= 0.6 is 21.6 Å². The minimum Gasteiger partial charge on any atom is -0.508 e. The Labute approximate surface area is 520 Å². The molecule has 17 nitrogen and oxygen atoms in total. The van der Waals surface area contributed by atoms with E-state index in [4.69, 9.17) is 16.2 Å². The number of H-pyrrole nitrogens is 1. The minimum absolute atomic E-state index is 0.00780. The van der Waals surface area contributed by atoms with E-state index in [1.165, 1.54) is 16.4 Å². The highest BCUT2D eigenvalue weighted by molar-refractivity contribution is 8.76. The van der Waals surface area contributed by atoms with Gasteiger partial charge in [0.2, 0.25) is 0 Å². The number of guanidine groups is 1. The van der Waals surface area contributed by atoms with Crippen molar-refractivity contribution in [3.8, 4) is 17.6 Å². The second kappa shape index (κ2) is 25.4. The number of aliphatic hydroxyl groups is 7. The number of nitrogens with zero attached hydrogens (tertiary/aromatic N) is 1. The summed E-state index contributed by atoms with van der Waals surface area (Å²) in [5.74, 6) is 1.65. The number of hydrogen-bond acceptors (Lipinski definition) is 16. The number of nitrogens with two attached hydrogens (primary N) is 2. The highest BCUT2D eigenvalue weighted by Gasteiger charge is 2.77. The van der Waals surface area contributed by atoms with E-state index < -0.39 is 93.5 Å². The van der Waals surface area contributed by atoms with Crippen molar-refractivity contribution >= 4 is 45.1 Å². The van der Waals surface area contributed by atoms with Crippen LogP contribution in [0.2, 0.25) is 0 Å². The van der Waals surface area contributed by atoms with Crippen LogP contribution in [0.3, 0.4) is 0 Å². The Hall–Kier alpha value is -4.36. The number of hydrogen-bond donors (Lipinski definition) is 12. The number of esters is 1. The van der Waals surface area contributed by atoms with Crippen molar-refractivity contribution in [1.29, 1.82) is 0 Å². The summed E-state index contributed by atoms with van der Waals surface area (Å²) in [6, 6.07) is 8.72. The van der Waals surface area contributed by atoms with E-state index >= 15 is 4.79 Å². The minimum atomic E-state index is -2.07. The summed E-state index contributed by atoms with van der Waals surface area (Å²) < 4.78 is 5.95. The average molecular weight is 1240 g/mol. The van der Waals surface area contributed by atoms with Gasteiger partial charge in [-0.25, -0.2) is 0 Å². The number of cyclic esters (lactones) is 1. The largest absolute Gasteiger partial charge is 0.508 e. The topological polar surface area (TPSA) is 314 Å². The van der Waals surface area contributed by atoms with Crippen LogP contribution < -0.4 is 16.8 Å². The number of aromatic nitrogens is 1. The second-order valence-electron chi connectivity index (χ2n) is 28.6. The number of aliphatic hydroxyl groups excluding tert-OH is 4. The molecular weight excluding hydrogens is 1140 g/mol. The second-order valence-corrected chi connectivity index (χ2v) is 31.1. The van der Waals surface area contributed by atoms with Crippen molar-refractivity contribution in [2.24, 2.45) is 97.8 Å². The molecule has 4 saturated carbocycles. The molecule has 2 bridgehead atoms. The van der Waals surface area contributed by atoms with Gasteiger partial charge in [-0.1, -0.05) is 91.3 Å². The van der Waals surface area contributed by atoms with E-state index in [1.807, 2.05) is 24.4 Å². The van der Waals surface area contributed by atoms with Gasteiger partial charge in [0.15, 0.2) is 23.8 Å². The smallest absolute Gasteiger partial charge is 0.313 e. The molecular formula is C68H95N5O12S2. The van der Waals surface area contributed by atoms with Crippen LogP contribution in [0.15, 0.2) is 70.6 Å². The number of benzene rings is 1. The summed E-state index contributed by atoms with van der Waals surface area (Å²) in [6.07, 6.45) is 7.20. The van der Waals surface area contributed by atoms with Gasteiger partial charge in [0.25, 0.3) is 0 Å². The maximum atomic E-state index is 16.9. The molecule has 2 saturated heterocycles. The van der Waals surface area contributed by atoms with Crippen molar-refractivity contribution in [2.45, 2.75) is 184 Å². The quantitative estimate of drug-likeness (QED) is 0.0156. The number of unbranched alkanes of at least 4 members (excludes halogenated alkanes) is 2. The normalized spacial score (nSPS) is 42.4. The number of Topliss-reactive ketones (excluding diaryl/α,β-unsaturated/α-hetero) is 2. The number of phenolic OH excluding ortho intramolecular Hbond substituents is 1. The van der Waals surface area contributed by atoms with Crippen LogP contribution in [0, 0.1) is 93.2 Å². The van der Waals surface area contributed by atoms with E-state index in [1.54, 1.807) is 36.0 Å². The number of ether oxygens (including phenoxy) is 1. The van der Waals surface area contributed by atoms with Gasteiger partial charge in [-0.05, 0) is 160 Å². The standard InChI is InChI=1S/C68H95N5O12S2/c1-5-6-7-21-67-52-36-87-86-35-43(38-13-16-44(74)17-14-38)27-45(75)33-73-57(60(67)79)56-51(64(67,3)31-53(76)58(52)78)19-22-66(23-25-72-63(69)70)59-41(30-68(56,66)84)10-8-9-40(50-34-85-62(82)55(50)42-20-24-71-32-42)28-48-46(18-15-39-12-11-37(2)26-47(39)48)49(61(80)81)29-54(77)65(59,4)83/h13-17,20,24,32,37,40-41,43,46-55,58-59,61,71,73-74,76-78,80-81,83-84H,5-7,10-12,18-19,21-23,25-31,33-36H2,1-4H3,(H4,69,70,72). The highest BCUT2D eigenvalue weighted by Crippen LogP contribution is 2.75. The first-order chi connectivity index (χ1) is 41.5. The molecule has 14 N–H and O–H groups in total. The fourth-order valence-electron chi connectivity index (χ4n) is 20.1. The van der Waals surface area contributed by atoms with Crippen molar-refractivity contribution in [1.82, 2.24) is 10.3 Å². The molecule has 19 heteroatoms. The molecule has 0 amide bonds. The van der Waals surface area contributed by atoms with Gasteiger partial charge < -0.3 is 67.4 Å². The monoisotopic (exact) mass is 1240 g/mol. The van der Waals surface area contributed by atoms with E-state index in [2.05, 4.69) is 54.0 Å². The lowest BCUT2D eigenvalue weighted by molar-refractivity contribution is -0.215. The number of aromatic hydroxyl groups is 1. The number of rotatable bonds is 11. The predicted molar refractivity (Wildman–Crippen MR) is 335 cm³/mol. The first kappa shape index (κ1) is 64.2. The Morgan fingerprint density at radius 2 is 1.70 bits per heavy atom. The molecule has 0 radical (unpaired) electrons. The third kappa shape index (κ3) is 11.2. The SMILES string of the molecule is CCCCCC12C(=O)C3=C4C(CCC5(CCN=C(N)N)C6C(CC#CC(C7COC(=O)C7c7cc[nH]c7)CC7C8CC(C)CCC8=CCC7C(C(O)O)CC(O)C6(C)O)CC45O)C1(C)CC(O)C(O)C2CSSCC(c1ccc(O)cc1)CC(=O)CN3. The number of fused-ring (bicyclic) bond motifs is 10. The van der Waals surface area contributed by atoms with Gasteiger partial charge in [0.1, 0.15) is 5.75 Å². The van der Waals surface area contributed by atoms with Gasteiger partial charge in [0, 0.05) is 89.6 Å². The molecule has 7 aliphatic carbocycles. The molecule has 1 aromatic heterocycles. The lowest BCUT2D eigenvalue weighted by Gasteiger charge is -2.67. The molecule has 11 rings (SSSR count). The summed E-state index contributed by atoms with van der Waals surface area (Å²) in [4.78, 5) is 53.2. The molecule has 1 aromatic carbocycles. The van der Waals surface area contributed by atoms with Crippen molar-refractivity contribution in [3.05, 3.63) is 76.8 Å². The molecule has 476 valence electrons. The van der Waals surface area contributed by atoms with E-state index in [9.17, 15) is 50.4 Å². The first-order valence-electron chi connectivity index (χ1n) is 32.5. The van der Waals surface area contributed by atoms with Crippen molar-refractivity contribution in [3.63, 3.8) is 0 Å². The molecule has 2 aliphatic heterocycles. The number of phenols is 1. The molecule has 6 fully saturated rings.